The normalized spacial score (nSPS) is 34.5. The molecular formula is C14H24N2O3. The smallest absolute Gasteiger partial charge is 0.317 e. The van der Waals surface area contributed by atoms with Gasteiger partial charge in [0.25, 0.3) is 0 Å². The van der Waals surface area contributed by atoms with Crippen molar-refractivity contribution in [1.82, 2.24) is 10.2 Å². The molecule has 0 aromatic heterocycles. The summed E-state index contributed by atoms with van der Waals surface area (Å²) in [7, 11) is 0. The van der Waals surface area contributed by atoms with Gasteiger partial charge in [-0.3, -0.25) is 4.79 Å². The van der Waals surface area contributed by atoms with Crippen LogP contribution in [-0.2, 0) is 4.79 Å². The van der Waals surface area contributed by atoms with Crippen LogP contribution < -0.4 is 5.32 Å². The lowest BCUT2D eigenvalue weighted by Crippen LogP contribution is -2.42. The fraction of sp³-hybridized carbons (Fsp3) is 0.857. The molecule has 3 unspecified atom stereocenters. The standard InChI is InChI=1S/C14H24N2O3/c1-10-4-3-5-11(10)8-15-13(19)16-7-6-14(2,9-16)12(17)18/h10-11H,3-9H2,1-2H3,(H,15,19)(H,17,18). The van der Waals surface area contributed by atoms with Crippen LogP contribution in [0.2, 0.25) is 0 Å². The van der Waals surface area contributed by atoms with Crippen LogP contribution in [0.1, 0.15) is 39.5 Å². The van der Waals surface area contributed by atoms with Gasteiger partial charge in [-0.05, 0) is 31.6 Å². The van der Waals surface area contributed by atoms with E-state index in [1.807, 2.05) is 0 Å². The molecule has 1 heterocycles. The molecule has 108 valence electrons. The average molecular weight is 268 g/mol. The monoisotopic (exact) mass is 268 g/mol. The van der Waals surface area contributed by atoms with Crippen molar-refractivity contribution in [3.05, 3.63) is 0 Å². The Morgan fingerprint density at radius 3 is 2.68 bits per heavy atom. The number of aliphatic carboxylic acids is 1. The molecule has 0 radical (unpaired) electrons. The minimum Gasteiger partial charge on any atom is -0.481 e. The molecule has 0 aromatic rings. The Morgan fingerprint density at radius 2 is 2.16 bits per heavy atom. The highest BCUT2D eigenvalue weighted by Gasteiger charge is 2.42. The molecule has 1 saturated carbocycles. The van der Waals surface area contributed by atoms with Gasteiger partial charge >= 0.3 is 12.0 Å². The Kier molecular flexibility index (Phi) is 4.02. The van der Waals surface area contributed by atoms with Gasteiger partial charge in [-0.2, -0.15) is 0 Å². The molecule has 0 bridgehead atoms. The Labute approximate surface area is 114 Å². The van der Waals surface area contributed by atoms with E-state index in [9.17, 15) is 9.59 Å². The van der Waals surface area contributed by atoms with Crippen molar-refractivity contribution in [2.24, 2.45) is 17.3 Å². The number of hydrogen-bond donors (Lipinski definition) is 2. The summed E-state index contributed by atoms with van der Waals surface area (Å²) in [4.78, 5) is 24.8. The zero-order chi connectivity index (χ0) is 14.0. The maximum atomic E-state index is 12.0. The van der Waals surface area contributed by atoms with Crippen LogP contribution in [0.5, 0.6) is 0 Å². The molecule has 1 saturated heterocycles. The molecule has 5 heteroatoms. The van der Waals surface area contributed by atoms with Crippen molar-refractivity contribution in [2.45, 2.75) is 39.5 Å². The number of likely N-dealkylation sites (tertiary alicyclic amines) is 1. The maximum absolute atomic E-state index is 12.0. The Morgan fingerprint density at radius 1 is 1.42 bits per heavy atom. The molecule has 19 heavy (non-hydrogen) atoms. The molecule has 2 rings (SSSR count). The van der Waals surface area contributed by atoms with Crippen molar-refractivity contribution >= 4 is 12.0 Å². The molecule has 1 aliphatic heterocycles. The van der Waals surface area contributed by atoms with E-state index in [1.54, 1.807) is 11.8 Å². The van der Waals surface area contributed by atoms with Crippen LogP contribution in [0.25, 0.3) is 0 Å². The molecule has 2 fully saturated rings. The molecular weight excluding hydrogens is 244 g/mol. The van der Waals surface area contributed by atoms with Gasteiger partial charge in [0.05, 0.1) is 5.41 Å². The number of rotatable bonds is 3. The number of amides is 2. The van der Waals surface area contributed by atoms with Gasteiger partial charge in [0.15, 0.2) is 0 Å². The van der Waals surface area contributed by atoms with E-state index in [0.717, 1.165) is 6.54 Å². The van der Waals surface area contributed by atoms with Crippen LogP contribution in [-0.4, -0.2) is 41.6 Å². The van der Waals surface area contributed by atoms with E-state index >= 15 is 0 Å². The van der Waals surface area contributed by atoms with Crippen molar-refractivity contribution in [1.29, 1.82) is 0 Å². The summed E-state index contributed by atoms with van der Waals surface area (Å²) < 4.78 is 0. The van der Waals surface area contributed by atoms with Gasteiger partial charge in [0, 0.05) is 19.6 Å². The van der Waals surface area contributed by atoms with E-state index in [4.69, 9.17) is 5.11 Å². The number of hydrogen-bond acceptors (Lipinski definition) is 2. The van der Waals surface area contributed by atoms with Crippen LogP contribution in [0.3, 0.4) is 0 Å². The van der Waals surface area contributed by atoms with Gasteiger partial charge in [-0.1, -0.05) is 19.8 Å². The zero-order valence-electron chi connectivity index (χ0n) is 11.8. The first kappa shape index (κ1) is 14.2. The van der Waals surface area contributed by atoms with Crippen LogP contribution in [0.4, 0.5) is 4.79 Å². The number of nitrogens with zero attached hydrogens (tertiary/aromatic N) is 1. The predicted molar refractivity (Wildman–Crippen MR) is 71.8 cm³/mol. The summed E-state index contributed by atoms with van der Waals surface area (Å²) in [6.45, 7) is 5.52. The summed E-state index contributed by atoms with van der Waals surface area (Å²) in [5.41, 5.74) is -0.780. The highest BCUT2D eigenvalue weighted by Crippen LogP contribution is 2.31. The topological polar surface area (TPSA) is 69.6 Å². The summed E-state index contributed by atoms with van der Waals surface area (Å²) in [5, 5.41) is 12.1. The van der Waals surface area contributed by atoms with Crippen molar-refractivity contribution in [2.75, 3.05) is 19.6 Å². The third-order valence-corrected chi connectivity index (χ3v) is 4.83. The van der Waals surface area contributed by atoms with Crippen molar-refractivity contribution in [3.8, 4) is 0 Å². The van der Waals surface area contributed by atoms with Gasteiger partial charge in [0.2, 0.25) is 0 Å². The first-order valence-electron chi connectivity index (χ1n) is 7.18. The SMILES string of the molecule is CC1CCCC1CNC(=O)N1CCC(C)(C(=O)O)C1. The van der Waals surface area contributed by atoms with Crippen LogP contribution in [0, 0.1) is 17.3 Å². The van der Waals surface area contributed by atoms with E-state index < -0.39 is 11.4 Å². The molecule has 5 nitrogen and oxygen atoms in total. The zero-order valence-corrected chi connectivity index (χ0v) is 11.8. The molecule has 0 aromatic carbocycles. The summed E-state index contributed by atoms with van der Waals surface area (Å²) in [6.07, 6.45) is 4.23. The first-order valence-corrected chi connectivity index (χ1v) is 7.18. The molecule has 2 amide bonds. The van der Waals surface area contributed by atoms with Gasteiger partial charge in [0.1, 0.15) is 0 Å². The van der Waals surface area contributed by atoms with Crippen LogP contribution >= 0.6 is 0 Å². The molecule has 2 aliphatic rings. The van der Waals surface area contributed by atoms with Gasteiger partial charge in [-0.15, -0.1) is 0 Å². The Hall–Kier alpha value is -1.26. The number of nitrogens with one attached hydrogen (secondary N) is 1. The minimum absolute atomic E-state index is 0.107. The van der Waals surface area contributed by atoms with E-state index in [2.05, 4.69) is 12.2 Å². The van der Waals surface area contributed by atoms with Crippen molar-refractivity contribution in [3.63, 3.8) is 0 Å². The fourth-order valence-corrected chi connectivity index (χ4v) is 3.16. The highest BCUT2D eigenvalue weighted by atomic mass is 16.4. The van der Waals surface area contributed by atoms with E-state index in [-0.39, 0.29) is 6.03 Å². The summed E-state index contributed by atoms with van der Waals surface area (Å²) in [6, 6.07) is -0.107. The predicted octanol–water partition coefficient (Wildman–Crippen LogP) is 1.93. The minimum atomic E-state index is -0.813. The van der Waals surface area contributed by atoms with Gasteiger partial charge in [-0.25, -0.2) is 4.79 Å². The molecule has 3 atom stereocenters. The summed E-state index contributed by atoms with van der Waals surface area (Å²) >= 11 is 0. The lowest BCUT2D eigenvalue weighted by molar-refractivity contribution is -0.146. The largest absolute Gasteiger partial charge is 0.481 e. The second-order valence-electron chi connectivity index (χ2n) is 6.39. The van der Waals surface area contributed by atoms with E-state index in [1.165, 1.54) is 19.3 Å². The quantitative estimate of drug-likeness (QED) is 0.821. The number of carbonyl (C=O) groups excluding carboxylic acids is 1. The molecule has 1 aliphatic carbocycles. The maximum Gasteiger partial charge on any atom is 0.317 e. The second-order valence-corrected chi connectivity index (χ2v) is 6.39. The number of carbonyl (C=O) groups is 2. The fourth-order valence-electron chi connectivity index (χ4n) is 3.16. The second kappa shape index (κ2) is 5.39. The van der Waals surface area contributed by atoms with Gasteiger partial charge < -0.3 is 15.3 Å². The molecule has 0 spiro atoms. The third kappa shape index (κ3) is 3.01. The summed E-state index contributed by atoms with van der Waals surface area (Å²) in [5.74, 6) is 0.452. The Bertz CT molecular complexity index is 372. The lowest BCUT2D eigenvalue weighted by Gasteiger charge is -2.22. The number of carboxylic acids is 1. The third-order valence-electron chi connectivity index (χ3n) is 4.83. The number of carboxylic acid groups (broad SMARTS) is 1. The highest BCUT2D eigenvalue weighted by molar-refractivity contribution is 5.79. The van der Waals surface area contributed by atoms with Crippen molar-refractivity contribution < 1.29 is 14.7 Å². The number of urea groups is 1. The lowest BCUT2D eigenvalue weighted by atomic mass is 9.90. The van der Waals surface area contributed by atoms with Crippen LogP contribution in [0.15, 0.2) is 0 Å². The Balaban J connectivity index is 1.80. The molecule has 2 N–H and O–H groups in total. The average Bonchev–Trinajstić information content (AvgIpc) is 2.94. The van der Waals surface area contributed by atoms with E-state index in [0.29, 0.717) is 31.3 Å². The first-order chi connectivity index (χ1) is 8.92.